The second-order valence-electron chi connectivity index (χ2n) is 8.26. The second kappa shape index (κ2) is 8.67. The van der Waals surface area contributed by atoms with E-state index in [9.17, 15) is 5.11 Å². The second-order valence-corrected chi connectivity index (χ2v) is 8.65. The Morgan fingerprint density at radius 2 is 1.76 bits per heavy atom. The molecular weight excluding hydrogens is 430 g/mol. The molecule has 1 fully saturated rings. The summed E-state index contributed by atoms with van der Waals surface area (Å²) in [4.78, 5) is 11.0. The Balaban J connectivity index is 1.63. The van der Waals surface area contributed by atoms with Gasteiger partial charge in [0.1, 0.15) is 5.75 Å². The molecule has 2 atom stereocenters. The first kappa shape index (κ1) is 21.2. The third-order valence-corrected chi connectivity index (χ3v) is 6.56. The maximum Gasteiger partial charge on any atom is 0.170 e. The minimum Gasteiger partial charge on any atom is -0.506 e. The average Bonchev–Trinajstić information content (AvgIpc) is 3.30. The number of aromatic hydroxyl groups is 1. The van der Waals surface area contributed by atoms with Crippen LogP contribution in [-0.4, -0.2) is 29.7 Å². The number of hydrogen-bond donors (Lipinski definition) is 2. The first-order valence-electron chi connectivity index (χ1n) is 10.9. The van der Waals surface area contributed by atoms with E-state index in [0.717, 1.165) is 33.9 Å². The molecule has 0 radical (unpaired) electrons. The van der Waals surface area contributed by atoms with Gasteiger partial charge in [-0.05, 0) is 79.7 Å². The molecule has 2 N–H and O–H groups in total. The highest BCUT2D eigenvalue weighted by atomic mass is 32.1. The topological polar surface area (TPSA) is 66.2 Å². The lowest BCUT2D eigenvalue weighted by Gasteiger charge is -2.28. The van der Waals surface area contributed by atoms with Gasteiger partial charge in [-0.2, -0.15) is 0 Å². The van der Waals surface area contributed by atoms with Gasteiger partial charge in [0.2, 0.25) is 0 Å². The predicted molar refractivity (Wildman–Crippen MR) is 132 cm³/mol. The molecule has 0 unspecified atom stereocenters. The number of nitrogens with one attached hydrogen (secondary N) is 1. The van der Waals surface area contributed by atoms with Crippen molar-refractivity contribution in [2.75, 3.05) is 0 Å². The number of thiocarbonyl (C=S) groups is 1. The zero-order chi connectivity index (χ0) is 22.9. The number of benzene rings is 1. The van der Waals surface area contributed by atoms with Crippen LogP contribution in [0.1, 0.15) is 40.3 Å². The summed E-state index contributed by atoms with van der Waals surface area (Å²) in [7, 11) is 0. The molecule has 0 aliphatic carbocycles. The fraction of sp³-hybridized carbons (Fsp3) is 0.192. The highest BCUT2D eigenvalue weighted by molar-refractivity contribution is 7.80. The van der Waals surface area contributed by atoms with Crippen molar-refractivity contribution in [1.82, 2.24) is 24.8 Å². The summed E-state index contributed by atoms with van der Waals surface area (Å²) < 4.78 is 2.10. The van der Waals surface area contributed by atoms with E-state index in [0.29, 0.717) is 11.7 Å². The maximum atomic E-state index is 10.5. The van der Waals surface area contributed by atoms with Gasteiger partial charge < -0.3 is 19.9 Å². The van der Waals surface area contributed by atoms with Gasteiger partial charge in [0.15, 0.2) is 5.11 Å². The Kier molecular flexibility index (Phi) is 5.56. The summed E-state index contributed by atoms with van der Waals surface area (Å²) in [5.41, 5.74) is 6.09. The Hall–Kier alpha value is -3.71. The van der Waals surface area contributed by atoms with Crippen LogP contribution in [0.25, 0.3) is 5.69 Å². The first-order valence-corrected chi connectivity index (χ1v) is 11.3. The SMILES string of the molecule is Cc1cc([C@H]2[C@H](c3ccccn3)NC(=S)N2Cc2ccncc2)c(C)n1-c1ccccc1O. The number of pyridine rings is 2. The van der Waals surface area contributed by atoms with Crippen LogP contribution in [0.15, 0.2) is 79.3 Å². The molecule has 1 aliphatic rings. The molecule has 0 bridgehead atoms. The minimum absolute atomic E-state index is 0.0635. The lowest BCUT2D eigenvalue weighted by Crippen LogP contribution is -2.29. The number of hydrogen-bond acceptors (Lipinski definition) is 4. The van der Waals surface area contributed by atoms with Crippen molar-refractivity contribution in [3.8, 4) is 11.4 Å². The molecule has 4 aromatic rings. The van der Waals surface area contributed by atoms with Gasteiger partial charge in [0.05, 0.1) is 23.5 Å². The molecule has 166 valence electrons. The van der Waals surface area contributed by atoms with E-state index in [1.807, 2.05) is 54.7 Å². The molecule has 0 spiro atoms. The Morgan fingerprint density at radius 3 is 2.48 bits per heavy atom. The Morgan fingerprint density at radius 1 is 1.00 bits per heavy atom. The van der Waals surface area contributed by atoms with Gasteiger partial charge in [0, 0.05) is 36.5 Å². The van der Waals surface area contributed by atoms with Crippen LogP contribution in [0, 0.1) is 13.8 Å². The fourth-order valence-electron chi connectivity index (χ4n) is 4.71. The highest BCUT2D eigenvalue weighted by Gasteiger charge is 2.41. The Labute approximate surface area is 198 Å². The largest absolute Gasteiger partial charge is 0.506 e. The van der Waals surface area contributed by atoms with Crippen molar-refractivity contribution in [3.05, 3.63) is 107 Å². The van der Waals surface area contributed by atoms with E-state index >= 15 is 0 Å². The van der Waals surface area contributed by atoms with Crippen molar-refractivity contribution in [2.45, 2.75) is 32.5 Å². The van der Waals surface area contributed by atoms with E-state index in [1.54, 1.807) is 18.5 Å². The number of aromatic nitrogens is 3. The lowest BCUT2D eigenvalue weighted by atomic mass is 9.96. The molecular formula is C26H25N5OS. The van der Waals surface area contributed by atoms with Gasteiger partial charge >= 0.3 is 0 Å². The summed E-state index contributed by atoms with van der Waals surface area (Å²) in [6.45, 7) is 4.81. The van der Waals surface area contributed by atoms with Gasteiger partial charge in [0.25, 0.3) is 0 Å². The van der Waals surface area contributed by atoms with E-state index in [-0.39, 0.29) is 17.8 Å². The number of para-hydroxylation sites is 2. The van der Waals surface area contributed by atoms with Crippen molar-refractivity contribution in [1.29, 1.82) is 0 Å². The van der Waals surface area contributed by atoms with Crippen LogP contribution in [-0.2, 0) is 6.54 Å². The smallest absolute Gasteiger partial charge is 0.170 e. The highest BCUT2D eigenvalue weighted by Crippen LogP contribution is 2.42. The molecule has 7 heteroatoms. The molecule has 0 saturated carbocycles. The van der Waals surface area contributed by atoms with E-state index < -0.39 is 0 Å². The predicted octanol–water partition coefficient (Wildman–Crippen LogP) is 4.76. The van der Waals surface area contributed by atoms with Crippen LogP contribution >= 0.6 is 12.2 Å². The van der Waals surface area contributed by atoms with Crippen LogP contribution in [0.4, 0.5) is 0 Å². The standard InChI is InChI=1S/C26H25N5OS/c1-17-15-20(18(2)31(17)22-8-3-4-9-23(22)32)25-24(21-7-5-6-12-28-21)29-26(33)30(25)16-19-10-13-27-14-11-19/h3-15,24-25,32H,16H2,1-2H3,(H,29,33)/t24-,25-/m0/s1. The van der Waals surface area contributed by atoms with Crippen LogP contribution in [0.3, 0.4) is 0 Å². The molecule has 33 heavy (non-hydrogen) atoms. The zero-order valence-electron chi connectivity index (χ0n) is 18.5. The molecule has 1 aliphatic heterocycles. The fourth-order valence-corrected chi connectivity index (χ4v) is 5.02. The van der Waals surface area contributed by atoms with Crippen LogP contribution < -0.4 is 5.32 Å². The first-order chi connectivity index (χ1) is 16.0. The summed E-state index contributed by atoms with van der Waals surface area (Å²) in [5.74, 6) is 0.251. The van der Waals surface area contributed by atoms with E-state index in [4.69, 9.17) is 12.2 Å². The number of aryl methyl sites for hydroxylation is 1. The summed E-state index contributed by atoms with van der Waals surface area (Å²) in [6, 6.07) is 19.4. The number of phenols is 1. The van der Waals surface area contributed by atoms with E-state index in [2.05, 4.69) is 44.7 Å². The zero-order valence-corrected chi connectivity index (χ0v) is 19.3. The average molecular weight is 456 g/mol. The molecule has 4 heterocycles. The van der Waals surface area contributed by atoms with Gasteiger partial charge in [-0.3, -0.25) is 9.97 Å². The number of phenolic OH excluding ortho intramolecular Hbond substituents is 1. The van der Waals surface area contributed by atoms with E-state index in [1.165, 1.54) is 0 Å². The van der Waals surface area contributed by atoms with Gasteiger partial charge in [-0.15, -0.1) is 0 Å². The number of rotatable bonds is 5. The normalized spacial score (nSPS) is 17.9. The quantitative estimate of drug-likeness (QED) is 0.423. The van der Waals surface area contributed by atoms with Crippen molar-refractivity contribution >= 4 is 17.3 Å². The van der Waals surface area contributed by atoms with Gasteiger partial charge in [-0.25, -0.2) is 0 Å². The molecule has 0 amide bonds. The van der Waals surface area contributed by atoms with Crippen molar-refractivity contribution in [3.63, 3.8) is 0 Å². The van der Waals surface area contributed by atoms with Crippen molar-refractivity contribution < 1.29 is 5.11 Å². The molecule has 3 aromatic heterocycles. The Bertz CT molecular complexity index is 1290. The summed E-state index contributed by atoms with van der Waals surface area (Å²) >= 11 is 5.82. The maximum absolute atomic E-state index is 10.5. The van der Waals surface area contributed by atoms with Crippen molar-refractivity contribution in [2.24, 2.45) is 0 Å². The van der Waals surface area contributed by atoms with Crippen LogP contribution in [0.2, 0.25) is 0 Å². The monoisotopic (exact) mass is 455 g/mol. The van der Waals surface area contributed by atoms with Crippen LogP contribution in [0.5, 0.6) is 5.75 Å². The number of nitrogens with zero attached hydrogens (tertiary/aromatic N) is 4. The third-order valence-electron chi connectivity index (χ3n) is 6.21. The minimum atomic E-state index is -0.0983. The molecule has 6 nitrogen and oxygen atoms in total. The molecule has 5 rings (SSSR count). The lowest BCUT2D eigenvalue weighted by molar-refractivity contribution is 0.310. The molecule has 1 aromatic carbocycles. The molecule has 1 saturated heterocycles. The summed E-state index contributed by atoms with van der Waals surface area (Å²) in [5, 5.41) is 14.7. The van der Waals surface area contributed by atoms with Gasteiger partial charge in [-0.1, -0.05) is 18.2 Å². The third kappa shape index (κ3) is 3.85. The summed E-state index contributed by atoms with van der Waals surface area (Å²) in [6.07, 6.45) is 5.42.